The lowest BCUT2D eigenvalue weighted by molar-refractivity contribution is 0.259. The van der Waals surface area contributed by atoms with Crippen molar-refractivity contribution in [1.82, 2.24) is 0 Å². The third kappa shape index (κ3) is 5.45. The number of ether oxygens (including phenoxy) is 1. The van der Waals surface area contributed by atoms with Crippen LogP contribution in [0.15, 0.2) is 48.5 Å². The van der Waals surface area contributed by atoms with Gasteiger partial charge in [0.15, 0.2) is 0 Å². The van der Waals surface area contributed by atoms with Gasteiger partial charge in [0, 0.05) is 5.56 Å². The third-order valence-electron chi connectivity index (χ3n) is 2.62. The molecule has 0 spiro atoms. The Morgan fingerprint density at radius 1 is 1.00 bits per heavy atom. The highest BCUT2D eigenvalue weighted by atomic mass is 16.5. The van der Waals surface area contributed by atoms with Gasteiger partial charge in [0.1, 0.15) is 12.4 Å². The Bertz CT molecular complexity index is 478. The van der Waals surface area contributed by atoms with Gasteiger partial charge in [-0.2, -0.15) is 0 Å². The van der Waals surface area contributed by atoms with Gasteiger partial charge >= 0.3 is 0 Å². The molecule has 110 valence electrons. The van der Waals surface area contributed by atoms with Crippen molar-refractivity contribution < 1.29 is 9.84 Å². The van der Waals surface area contributed by atoms with Crippen molar-refractivity contribution in [2.24, 2.45) is 0 Å². The van der Waals surface area contributed by atoms with E-state index in [9.17, 15) is 5.11 Å². The molecule has 0 fully saturated rings. The van der Waals surface area contributed by atoms with Crippen molar-refractivity contribution in [3.8, 4) is 5.75 Å². The maximum Gasteiger partial charge on any atom is 0.125 e. The second kappa shape index (κ2) is 10.0. The van der Waals surface area contributed by atoms with Crippen molar-refractivity contribution in [2.45, 2.75) is 41.4 Å². The SMILES string of the molecule is C.CC.Cc1ccc(OCc2ccccc2)c(CO)c1. The van der Waals surface area contributed by atoms with Gasteiger partial charge in [0.05, 0.1) is 6.61 Å². The maximum absolute atomic E-state index is 9.26. The number of hydrogen-bond acceptors (Lipinski definition) is 2. The fraction of sp³-hybridized carbons (Fsp3) is 0.333. The van der Waals surface area contributed by atoms with Crippen LogP contribution in [-0.2, 0) is 13.2 Å². The van der Waals surface area contributed by atoms with E-state index in [-0.39, 0.29) is 14.0 Å². The first kappa shape index (κ1) is 18.2. The first-order valence-electron chi connectivity index (χ1n) is 6.66. The molecule has 0 bridgehead atoms. The Labute approximate surface area is 123 Å². The molecule has 0 aliphatic rings. The highest BCUT2D eigenvalue weighted by molar-refractivity contribution is 5.36. The monoisotopic (exact) mass is 274 g/mol. The number of aliphatic hydroxyl groups is 1. The van der Waals surface area contributed by atoms with Crippen LogP contribution in [-0.4, -0.2) is 5.11 Å². The van der Waals surface area contributed by atoms with Crippen LogP contribution in [0.5, 0.6) is 5.75 Å². The summed E-state index contributed by atoms with van der Waals surface area (Å²) in [6.07, 6.45) is 0. The average molecular weight is 274 g/mol. The predicted molar refractivity (Wildman–Crippen MR) is 86.0 cm³/mol. The van der Waals surface area contributed by atoms with E-state index in [1.807, 2.05) is 69.3 Å². The quantitative estimate of drug-likeness (QED) is 0.873. The zero-order valence-electron chi connectivity index (χ0n) is 11.9. The molecule has 2 nitrogen and oxygen atoms in total. The second-order valence-electron chi connectivity index (χ2n) is 4.04. The molecule has 0 aliphatic carbocycles. The van der Waals surface area contributed by atoms with E-state index in [4.69, 9.17) is 4.74 Å². The molecule has 2 aromatic carbocycles. The summed E-state index contributed by atoms with van der Waals surface area (Å²) in [7, 11) is 0. The molecular formula is C18H26O2. The third-order valence-corrected chi connectivity index (χ3v) is 2.62. The van der Waals surface area contributed by atoms with Crippen LogP contribution in [0.3, 0.4) is 0 Å². The molecule has 0 aliphatic heterocycles. The van der Waals surface area contributed by atoms with Crippen molar-refractivity contribution in [1.29, 1.82) is 0 Å². The lowest BCUT2D eigenvalue weighted by Gasteiger charge is -2.10. The van der Waals surface area contributed by atoms with Crippen LogP contribution < -0.4 is 4.74 Å². The highest BCUT2D eigenvalue weighted by Crippen LogP contribution is 2.21. The minimum Gasteiger partial charge on any atom is -0.489 e. The summed E-state index contributed by atoms with van der Waals surface area (Å²) < 4.78 is 5.71. The highest BCUT2D eigenvalue weighted by Gasteiger charge is 2.03. The van der Waals surface area contributed by atoms with Gasteiger partial charge in [-0.1, -0.05) is 69.3 Å². The van der Waals surface area contributed by atoms with E-state index in [0.717, 1.165) is 22.4 Å². The van der Waals surface area contributed by atoms with Gasteiger partial charge in [-0.15, -0.1) is 0 Å². The normalized spacial score (nSPS) is 9.00. The van der Waals surface area contributed by atoms with Crippen LogP contribution >= 0.6 is 0 Å². The molecule has 0 atom stereocenters. The molecule has 0 saturated heterocycles. The van der Waals surface area contributed by atoms with Crippen LogP contribution in [0, 0.1) is 6.92 Å². The molecule has 1 N–H and O–H groups in total. The Morgan fingerprint density at radius 3 is 2.25 bits per heavy atom. The van der Waals surface area contributed by atoms with Crippen molar-refractivity contribution in [2.75, 3.05) is 0 Å². The van der Waals surface area contributed by atoms with E-state index in [2.05, 4.69) is 0 Å². The summed E-state index contributed by atoms with van der Waals surface area (Å²) in [5, 5.41) is 9.26. The summed E-state index contributed by atoms with van der Waals surface area (Å²) in [5.74, 6) is 0.752. The topological polar surface area (TPSA) is 29.5 Å². The molecule has 20 heavy (non-hydrogen) atoms. The Kier molecular flexibility index (Phi) is 9.14. The predicted octanol–water partition coefficient (Wildman–Crippen LogP) is 4.73. The number of benzene rings is 2. The Hall–Kier alpha value is -1.80. The zero-order chi connectivity index (χ0) is 14.1. The first-order valence-corrected chi connectivity index (χ1v) is 6.66. The van der Waals surface area contributed by atoms with E-state index in [1.165, 1.54) is 0 Å². The van der Waals surface area contributed by atoms with Gasteiger partial charge in [0.2, 0.25) is 0 Å². The molecule has 2 heteroatoms. The van der Waals surface area contributed by atoms with Gasteiger partial charge in [-0.25, -0.2) is 0 Å². The van der Waals surface area contributed by atoms with E-state index in [0.29, 0.717) is 6.61 Å². The Balaban J connectivity index is 0.00000115. The van der Waals surface area contributed by atoms with Crippen LogP contribution in [0.4, 0.5) is 0 Å². The molecule has 2 rings (SSSR count). The minimum absolute atomic E-state index is 0. The van der Waals surface area contributed by atoms with Crippen molar-refractivity contribution in [3.05, 3.63) is 65.2 Å². The van der Waals surface area contributed by atoms with E-state index in [1.54, 1.807) is 0 Å². The molecule has 2 aromatic rings. The number of hydrogen-bond donors (Lipinski definition) is 1. The lowest BCUT2D eigenvalue weighted by Crippen LogP contribution is -1.98. The number of rotatable bonds is 4. The summed E-state index contributed by atoms with van der Waals surface area (Å²) >= 11 is 0. The van der Waals surface area contributed by atoms with Gasteiger partial charge in [0.25, 0.3) is 0 Å². The van der Waals surface area contributed by atoms with E-state index >= 15 is 0 Å². The first-order chi connectivity index (χ1) is 9.29. The summed E-state index contributed by atoms with van der Waals surface area (Å²) in [5.41, 5.74) is 3.08. The van der Waals surface area contributed by atoms with Crippen molar-refractivity contribution in [3.63, 3.8) is 0 Å². The standard InChI is InChI=1S/C15H16O2.C2H6.CH4/c1-12-7-8-15(14(9-12)10-16)17-11-13-5-3-2-4-6-13;1-2;/h2-9,16H,10-11H2,1H3;1-2H3;1H4. The molecule has 0 saturated carbocycles. The molecule has 0 heterocycles. The maximum atomic E-state index is 9.26. The number of aryl methyl sites for hydroxylation is 1. The van der Waals surface area contributed by atoms with Crippen LogP contribution in [0.1, 0.15) is 38.0 Å². The lowest BCUT2D eigenvalue weighted by atomic mass is 10.1. The largest absolute Gasteiger partial charge is 0.489 e. The molecule has 0 amide bonds. The summed E-state index contributed by atoms with van der Waals surface area (Å²) in [6.45, 7) is 6.53. The smallest absolute Gasteiger partial charge is 0.125 e. The van der Waals surface area contributed by atoms with E-state index < -0.39 is 0 Å². The minimum atomic E-state index is 0. The molecule has 0 radical (unpaired) electrons. The van der Waals surface area contributed by atoms with Gasteiger partial charge in [-0.05, 0) is 18.6 Å². The number of aliphatic hydroxyl groups excluding tert-OH is 1. The Morgan fingerprint density at radius 2 is 1.65 bits per heavy atom. The molecule has 0 unspecified atom stereocenters. The van der Waals surface area contributed by atoms with Crippen LogP contribution in [0.2, 0.25) is 0 Å². The fourth-order valence-electron chi connectivity index (χ4n) is 1.71. The van der Waals surface area contributed by atoms with Gasteiger partial charge < -0.3 is 9.84 Å². The molecule has 0 aromatic heterocycles. The zero-order valence-corrected chi connectivity index (χ0v) is 11.9. The molecular weight excluding hydrogens is 248 g/mol. The fourth-order valence-corrected chi connectivity index (χ4v) is 1.71. The average Bonchev–Trinajstić information content (AvgIpc) is 2.49. The van der Waals surface area contributed by atoms with Crippen molar-refractivity contribution >= 4 is 0 Å². The summed E-state index contributed by atoms with van der Waals surface area (Å²) in [6, 6.07) is 15.8. The van der Waals surface area contributed by atoms with Crippen LogP contribution in [0.25, 0.3) is 0 Å². The summed E-state index contributed by atoms with van der Waals surface area (Å²) in [4.78, 5) is 0. The van der Waals surface area contributed by atoms with Gasteiger partial charge in [-0.3, -0.25) is 0 Å². The second-order valence-corrected chi connectivity index (χ2v) is 4.04.